The molecular formula is C20H26N2O4S. The van der Waals surface area contributed by atoms with Crippen LogP contribution in [0.25, 0.3) is 0 Å². The number of anilines is 1. The predicted octanol–water partition coefficient (Wildman–Crippen LogP) is 3.48. The summed E-state index contributed by atoms with van der Waals surface area (Å²) in [6.45, 7) is 5.83. The number of carbonyl (C=O) groups is 1. The third-order valence-corrected chi connectivity index (χ3v) is 5.33. The summed E-state index contributed by atoms with van der Waals surface area (Å²) in [6, 6.07) is 13.2. The molecule has 7 heteroatoms. The van der Waals surface area contributed by atoms with Gasteiger partial charge in [0.15, 0.2) is 6.61 Å². The second kappa shape index (κ2) is 9.41. The first-order valence-electron chi connectivity index (χ1n) is 8.92. The van der Waals surface area contributed by atoms with Crippen LogP contribution in [-0.2, 0) is 14.8 Å². The van der Waals surface area contributed by atoms with Crippen LogP contribution in [0.4, 0.5) is 5.69 Å². The molecule has 0 fully saturated rings. The Morgan fingerprint density at radius 2 is 1.70 bits per heavy atom. The van der Waals surface area contributed by atoms with Gasteiger partial charge in [0.25, 0.3) is 15.9 Å². The number of amides is 1. The Morgan fingerprint density at radius 3 is 2.30 bits per heavy atom. The monoisotopic (exact) mass is 390 g/mol. The second-order valence-corrected chi connectivity index (χ2v) is 8.17. The fraction of sp³-hybridized carbons (Fsp3) is 0.350. The molecule has 0 spiro atoms. The molecule has 0 aliphatic rings. The highest BCUT2D eigenvalue weighted by Crippen LogP contribution is 2.19. The van der Waals surface area contributed by atoms with E-state index in [1.165, 1.54) is 24.3 Å². The molecule has 2 N–H and O–H groups in total. The average Bonchev–Trinajstić information content (AvgIpc) is 2.62. The van der Waals surface area contributed by atoms with Crippen molar-refractivity contribution in [3.63, 3.8) is 0 Å². The number of carbonyl (C=O) groups excluding carboxylic acids is 1. The molecular weight excluding hydrogens is 364 g/mol. The van der Waals surface area contributed by atoms with Gasteiger partial charge in [0, 0.05) is 11.7 Å². The van der Waals surface area contributed by atoms with Gasteiger partial charge in [-0.25, -0.2) is 8.42 Å². The van der Waals surface area contributed by atoms with E-state index in [2.05, 4.69) is 17.0 Å². The maximum Gasteiger partial charge on any atom is 0.261 e. The van der Waals surface area contributed by atoms with Crippen LogP contribution in [0, 0.1) is 6.92 Å². The van der Waals surface area contributed by atoms with Gasteiger partial charge in [0.05, 0.1) is 4.90 Å². The van der Waals surface area contributed by atoms with Crippen LogP contribution in [0.3, 0.4) is 0 Å². The number of aryl methyl sites for hydroxylation is 1. The van der Waals surface area contributed by atoms with Crippen molar-refractivity contribution in [2.45, 2.75) is 44.6 Å². The van der Waals surface area contributed by atoms with Gasteiger partial charge in [-0.1, -0.05) is 31.0 Å². The van der Waals surface area contributed by atoms with Gasteiger partial charge in [0.1, 0.15) is 5.75 Å². The number of benzene rings is 2. The van der Waals surface area contributed by atoms with Crippen molar-refractivity contribution in [2.75, 3.05) is 11.3 Å². The molecule has 0 aromatic heterocycles. The molecule has 146 valence electrons. The van der Waals surface area contributed by atoms with E-state index in [0.717, 1.165) is 18.4 Å². The summed E-state index contributed by atoms with van der Waals surface area (Å²) >= 11 is 0. The molecule has 1 amide bonds. The second-order valence-electron chi connectivity index (χ2n) is 6.49. The summed E-state index contributed by atoms with van der Waals surface area (Å²) in [5.74, 6) is 0.233. The van der Waals surface area contributed by atoms with Crippen LogP contribution in [0.1, 0.15) is 32.3 Å². The summed E-state index contributed by atoms with van der Waals surface area (Å²) < 4.78 is 32.8. The molecule has 0 saturated heterocycles. The zero-order chi connectivity index (χ0) is 19.9. The Labute approximate surface area is 161 Å². The molecule has 0 saturated carbocycles. The summed E-state index contributed by atoms with van der Waals surface area (Å²) in [5.41, 5.74) is 1.55. The van der Waals surface area contributed by atoms with Crippen LogP contribution in [0.2, 0.25) is 0 Å². The Bertz CT molecular complexity index is 847. The minimum absolute atomic E-state index is 0.103. The van der Waals surface area contributed by atoms with Crippen molar-refractivity contribution in [1.29, 1.82) is 0 Å². The SMILES string of the molecule is CCC[C@H](C)NC(=O)COc1ccc(S(=O)(=O)Nc2ccc(C)cc2)cc1. The lowest BCUT2D eigenvalue weighted by atomic mass is 10.2. The van der Waals surface area contributed by atoms with E-state index in [0.29, 0.717) is 11.4 Å². The largest absolute Gasteiger partial charge is 0.484 e. The fourth-order valence-electron chi connectivity index (χ4n) is 2.52. The lowest BCUT2D eigenvalue weighted by molar-refractivity contribution is -0.123. The average molecular weight is 391 g/mol. The molecule has 0 bridgehead atoms. The molecule has 2 rings (SSSR count). The molecule has 0 heterocycles. The number of hydrogen-bond acceptors (Lipinski definition) is 4. The van der Waals surface area contributed by atoms with Crippen LogP contribution in [0.15, 0.2) is 53.4 Å². The Hall–Kier alpha value is -2.54. The molecule has 0 aliphatic heterocycles. The van der Waals surface area contributed by atoms with Gasteiger partial charge < -0.3 is 10.1 Å². The van der Waals surface area contributed by atoms with E-state index in [-0.39, 0.29) is 23.5 Å². The molecule has 2 aromatic carbocycles. The number of hydrogen-bond donors (Lipinski definition) is 2. The number of nitrogens with one attached hydrogen (secondary N) is 2. The molecule has 2 aromatic rings. The Kier molecular flexibility index (Phi) is 7.24. The number of sulfonamides is 1. The van der Waals surface area contributed by atoms with Crippen molar-refractivity contribution in [2.24, 2.45) is 0 Å². The first-order valence-corrected chi connectivity index (χ1v) is 10.4. The summed E-state index contributed by atoms with van der Waals surface area (Å²) in [6.07, 6.45) is 1.90. The molecule has 1 atom stereocenters. The quantitative estimate of drug-likeness (QED) is 0.686. The maximum absolute atomic E-state index is 12.4. The normalized spacial score (nSPS) is 12.3. The number of rotatable bonds is 9. The molecule has 0 unspecified atom stereocenters. The molecule has 6 nitrogen and oxygen atoms in total. The Balaban J connectivity index is 1.93. The van der Waals surface area contributed by atoms with Crippen molar-refractivity contribution >= 4 is 21.6 Å². The maximum atomic E-state index is 12.4. The zero-order valence-electron chi connectivity index (χ0n) is 15.9. The van der Waals surface area contributed by atoms with E-state index < -0.39 is 10.0 Å². The predicted molar refractivity (Wildman–Crippen MR) is 106 cm³/mol. The molecule has 27 heavy (non-hydrogen) atoms. The fourth-order valence-corrected chi connectivity index (χ4v) is 3.58. The van der Waals surface area contributed by atoms with Crippen molar-refractivity contribution in [1.82, 2.24) is 5.32 Å². The minimum atomic E-state index is -3.68. The van der Waals surface area contributed by atoms with Gasteiger partial charge in [-0.3, -0.25) is 9.52 Å². The summed E-state index contributed by atoms with van der Waals surface area (Å²) in [4.78, 5) is 11.9. The minimum Gasteiger partial charge on any atom is -0.484 e. The van der Waals surface area contributed by atoms with Crippen molar-refractivity contribution in [3.05, 3.63) is 54.1 Å². The highest BCUT2D eigenvalue weighted by molar-refractivity contribution is 7.92. The van der Waals surface area contributed by atoms with Crippen LogP contribution < -0.4 is 14.8 Å². The summed E-state index contributed by atoms with van der Waals surface area (Å²) in [7, 11) is -3.68. The van der Waals surface area contributed by atoms with Gasteiger partial charge in [-0.05, 0) is 56.7 Å². The van der Waals surface area contributed by atoms with E-state index >= 15 is 0 Å². The van der Waals surface area contributed by atoms with Gasteiger partial charge in [0.2, 0.25) is 0 Å². The van der Waals surface area contributed by atoms with E-state index in [1.54, 1.807) is 12.1 Å². The lowest BCUT2D eigenvalue weighted by Crippen LogP contribution is -2.35. The Morgan fingerprint density at radius 1 is 1.07 bits per heavy atom. The van der Waals surface area contributed by atoms with Gasteiger partial charge in [-0.15, -0.1) is 0 Å². The van der Waals surface area contributed by atoms with Crippen LogP contribution >= 0.6 is 0 Å². The lowest BCUT2D eigenvalue weighted by Gasteiger charge is -2.13. The van der Waals surface area contributed by atoms with Crippen molar-refractivity contribution in [3.8, 4) is 5.75 Å². The number of ether oxygens (including phenoxy) is 1. The van der Waals surface area contributed by atoms with Crippen LogP contribution in [-0.4, -0.2) is 27.0 Å². The van der Waals surface area contributed by atoms with Gasteiger partial charge in [-0.2, -0.15) is 0 Å². The van der Waals surface area contributed by atoms with E-state index in [9.17, 15) is 13.2 Å². The van der Waals surface area contributed by atoms with Gasteiger partial charge >= 0.3 is 0 Å². The highest BCUT2D eigenvalue weighted by atomic mass is 32.2. The summed E-state index contributed by atoms with van der Waals surface area (Å²) in [5, 5.41) is 2.85. The molecule has 0 aliphatic carbocycles. The smallest absolute Gasteiger partial charge is 0.261 e. The standard InChI is InChI=1S/C20H26N2O4S/c1-4-5-16(3)21-20(23)14-26-18-10-12-19(13-11-18)27(24,25)22-17-8-6-15(2)7-9-17/h6-13,16,22H,4-5,14H2,1-3H3,(H,21,23)/t16-/m0/s1. The van der Waals surface area contributed by atoms with Crippen molar-refractivity contribution < 1.29 is 17.9 Å². The first kappa shape index (κ1) is 20.8. The molecule has 0 radical (unpaired) electrons. The third kappa shape index (κ3) is 6.60. The first-order chi connectivity index (χ1) is 12.8. The topological polar surface area (TPSA) is 84.5 Å². The van der Waals surface area contributed by atoms with E-state index in [1.807, 2.05) is 26.0 Å². The van der Waals surface area contributed by atoms with Crippen LogP contribution in [0.5, 0.6) is 5.75 Å². The third-order valence-electron chi connectivity index (χ3n) is 3.94. The van der Waals surface area contributed by atoms with E-state index in [4.69, 9.17) is 4.74 Å². The zero-order valence-corrected chi connectivity index (χ0v) is 16.7. The highest BCUT2D eigenvalue weighted by Gasteiger charge is 2.14.